The van der Waals surface area contributed by atoms with Crippen LogP contribution in [0.1, 0.15) is 11.1 Å². The van der Waals surface area contributed by atoms with Crippen molar-refractivity contribution in [1.82, 2.24) is 0 Å². The minimum Gasteiger partial charge on any atom is -0.804 e. The molecule has 0 bridgehead atoms. The van der Waals surface area contributed by atoms with Crippen molar-refractivity contribution in [2.75, 3.05) is 0 Å². The van der Waals surface area contributed by atoms with Crippen LogP contribution in [0.15, 0.2) is 239 Å². The van der Waals surface area contributed by atoms with Crippen molar-refractivity contribution in [2.24, 2.45) is 0 Å². The highest BCUT2D eigenvalue weighted by atomic mass is 32.2. The normalized spacial score (nSPS) is 11.4. The summed E-state index contributed by atoms with van der Waals surface area (Å²) in [5.41, 5.74) is 4.33. The molecule has 0 aromatic heterocycles. The first kappa shape index (κ1) is 40.0. The summed E-state index contributed by atoms with van der Waals surface area (Å²) in [7, 11) is -4.94. The first-order valence-electron chi connectivity index (χ1n) is 19.0. The maximum Gasteiger partial charge on any atom is 0.146 e. The predicted octanol–water partition coefficient (Wildman–Crippen LogP) is 11.5. The fourth-order valence-corrected chi connectivity index (χ4v) is 19.1. The van der Waals surface area contributed by atoms with E-state index in [2.05, 4.69) is 231 Å². The Balaban J connectivity index is 1.24. The lowest BCUT2D eigenvalue weighted by molar-refractivity contribution is 1.57. The lowest BCUT2D eigenvalue weighted by Gasteiger charge is -2.36. The van der Waals surface area contributed by atoms with E-state index in [1.54, 1.807) is 0 Å². The van der Waals surface area contributed by atoms with Gasteiger partial charge in [0.1, 0.15) is 51.7 Å². The van der Waals surface area contributed by atoms with Crippen LogP contribution in [0.25, 0.3) is 21.8 Å². The topological polar surface area (TPSA) is 0 Å². The van der Waals surface area contributed by atoms with Crippen molar-refractivity contribution in [2.45, 2.75) is 0 Å². The smallest absolute Gasteiger partial charge is 0.146 e. The molecule has 0 fully saturated rings. The van der Waals surface area contributed by atoms with E-state index in [4.69, 9.17) is 50.5 Å². The van der Waals surface area contributed by atoms with Crippen LogP contribution in [0.2, 0.25) is 0 Å². The van der Waals surface area contributed by atoms with E-state index in [9.17, 15) is 0 Å². The van der Waals surface area contributed by atoms with Crippen LogP contribution < -0.4 is 31.8 Å². The van der Waals surface area contributed by atoms with E-state index in [1.165, 1.54) is 31.8 Å². The molecule has 0 aliphatic carbocycles. The number of hydrogen-bond acceptors (Lipinski definition) is 4. The van der Waals surface area contributed by atoms with E-state index in [-0.39, 0.29) is 0 Å². The highest BCUT2D eigenvalue weighted by Gasteiger charge is 2.51. The second-order valence-electron chi connectivity index (χ2n) is 13.8. The molecule has 0 atom stereocenters. The zero-order chi connectivity index (χ0) is 40.0. The average Bonchev–Trinajstić information content (AvgIpc) is 3.29. The maximum atomic E-state index is 6.06. The van der Waals surface area contributed by atoms with Gasteiger partial charge in [-0.25, -0.2) is 0 Å². The first-order valence-corrected chi connectivity index (χ1v) is 24.3. The first-order chi connectivity index (χ1) is 28.5. The lowest BCUT2D eigenvalue weighted by atomic mass is 10.0. The molecule has 58 heavy (non-hydrogen) atoms. The fraction of sp³-hybridized carbons (Fsp3) is 0. The minimum atomic E-state index is -2.49. The van der Waals surface area contributed by atoms with Crippen molar-refractivity contribution in [1.29, 1.82) is 0 Å². The third-order valence-corrected chi connectivity index (χ3v) is 20.8. The largest absolute Gasteiger partial charge is 0.804 e. The van der Waals surface area contributed by atoms with Crippen LogP contribution in [0.3, 0.4) is 0 Å². The van der Waals surface area contributed by atoms with Gasteiger partial charge in [-0.1, -0.05) is 158 Å². The predicted molar refractivity (Wildman–Crippen MR) is 269 cm³/mol. The summed E-state index contributed by atoms with van der Waals surface area (Å²) in [6.07, 6.45) is 0. The Labute approximate surface area is 366 Å². The molecule has 8 aromatic rings. The van der Waals surface area contributed by atoms with E-state index < -0.39 is 14.5 Å². The van der Waals surface area contributed by atoms with Crippen molar-refractivity contribution in [3.05, 3.63) is 250 Å². The molecule has 0 spiro atoms. The van der Waals surface area contributed by atoms with Crippen LogP contribution >= 0.6 is 39.8 Å². The SMILES string of the molecule is [S-]C([S-])=C(c1ccc(-c2ccc(C(=C(S)S)[P+](c3ccccc3)(c3ccccc3)c3ccccc3)cc2)cc1)[P+](c1ccccc1)(c1ccccc1)c1ccccc1. The van der Waals surface area contributed by atoms with Gasteiger partial charge in [-0.15, -0.1) is 25.3 Å². The molecule has 0 aliphatic rings. The Bertz CT molecular complexity index is 2260. The standard InChI is InChI=1S/C52H40P2S4/c55-51(56)49(53(43-19-7-1-8-20-43,44-21-9-2-10-22-44)45-23-11-3-12-24-45)41-35-31-39(32-36-41)40-33-37-42(38-34-40)50(52(57)58)54(46-25-13-4-14-26-46,47-27-15-5-16-28-47)48-29-17-6-18-30-48/h1-38H,(H2-2,55,56,57,58). The second kappa shape index (κ2) is 18.0. The molecule has 0 amide bonds. The summed E-state index contributed by atoms with van der Waals surface area (Å²) >= 11 is 22.2. The zero-order valence-corrected chi connectivity index (χ0v) is 36.8. The van der Waals surface area contributed by atoms with Crippen LogP contribution in [0, 0.1) is 0 Å². The molecule has 0 saturated carbocycles. The quantitative estimate of drug-likeness (QED) is 0.0756. The molecule has 0 heterocycles. The third-order valence-electron chi connectivity index (χ3n) is 10.6. The summed E-state index contributed by atoms with van der Waals surface area (Å²) in [5, 5.41) is 9.52. The highest BCUT2D eigenvalue weighted by Crippen LogP contribution is 2.69. The third kappa shape index (κ3) is 7.51. The van der Waals surface area contributed by atoms with E-state index >= 15 is 0 Å². The van der Waals surface area contributed by atoms with Gasteiger partial charge in [0, 0.05) is 11.1 Å². The van der Waals surface area contributed by atoms with Gasteiger partial charge in [0.15, 0.2) is 0 Å². The molecule has 0 nitrogen and oxygen atoms in total. The summed E-state index contributed by atoms with van der Waals surface area (Å²) in [5.74, 6) is 0. The Morgan fingerprint density at radius 1 is 0.293 bits per heavy atom. The van der Waals surface area contributed by atoms with Crippen LogP contribution in [0.4, 0.5) is 0 Å². The molecule has 0 unspecified atom stereocenters. The summed E-state index contributed by atoms with van der Waals surface area (Å²) in [4.78, 5) is 0. The molecular weight excluding hydrogens is 815 g/mol. The number of benzene rings is 8. The molecule has 8 aromatic carbocycles. The fourth-order valence-electron chi connectivity index (χ4n) is 8.14. The summed E-state index contributed by atoms with van der Waals surface area (Å²) < 4.78 is 1.18. The van der Waals surface area contributed by atoms with Crippen LogP contribution in [0.5, 0.6) is 0 Å². The van der Waals surface area contributed by atoms with Crippen molar-refractivity contribution >= 4 is 107 Å². The lowest BCUT2D eigenvalue weighted by Crippen LogP contribution is -2.32. The number of thiol groups is 2. The molecule has 6 heteroatoms. The van der Waals surface area contributed by atoms with Gasteiger partial charge in [-0.3, -0.25) is 4.24 Å². The van der Waals surface area contributed by atoms with Gasteiger partial charge in [-0.05, 0) is 83.9 Å². The molecule has 282 valence electrons. The summed E-state index contributed by atoms with van der Waals surface area (Å²) in [6, 6.07) is 82.4. The average molecular weight is 855 g/mol. The van der Waals surface area contributed by atoms with E-state index in [0.29, 0.717) is 8.47 Å². The van der Waals surface area contributed by atoms with Crippen LogP contribution in [-0.4, -0.2) is 0 Å². The van der Waals surface area contributed by atoms with Crippen molar-refractivity contribution < 1.29 is 0 Å². The molecule has 0 radical (unpaired) electrons. The Hall–Kier alpha value is -4.76. The molecule has 8 rings (SSSR count). The highest BCUT2D eigenvalue weighted by molar-refractivity contribution is 8.10. The number of hydrogen-bond donors (Lipinski definition) is 2. The molecule has 0 aliphatic heterocycles. The monoisotopic (exact) mass is 854 g/mol. The van der Waals surface area contributed by atoms with Gasteiger partial charge in [0.2, 0.25) is 0 Å². The minimum absolute atomic E-state index is 0.484. The van der Waals surface area contributed by atoms with E-state index in [1.807, 2.05) is 0 Å². The Kier molecular flexibility index (Phi) is 12.4. The van der Waals surface area contributed by atoms with Crippen molar-refractivity contribution in [3.63, 3.8) is 0 Å². The van der Waals surface area contributed by atoms with Gasteiger partial charge in [0.05, 0.1) is 9.55 Å². The second-order valence-corrected chi connectivity index (χ2v) is 22.8. The Morgan fingerprint density at radius 3 is 0.741 bits per heavy atom. The van der Waals surface area contributed by atoms with Gasteiger partial charge in [-0.2, -0.15) is 0 Å². The zero-order valence-electron chi connectivity index (χ0n) is 31.5. The summed E-state index contributed by atoms with van der Waals surface area (Å²) in [6.45, 7) is 0. The Morgan fingerprint density at radius 2 is 0.517 bits per heavy atom. The van der Waals surface area contributed by atoms with E-state index in [0.717, 1.165) is 32.9 Å². The van der Waals surface area contributed by atoms with Gasteiger partial charge < -0.3 is 25.3 Å². The van der Waals surface area contributed by atoms with Crippen molar-refractivity contribution in [3.8, 4) is 11.1 Å². The molecule has 0 saturated heterocycles. The van der Waals surface area contributed by atoms with Crippen LogP contribution in [-0.2, 0) is 25.3 Å². The molecule has 0 N–H and O–H groups in total. The van der Waals surface area contributed by atoms with Gasteiger partial charge in [0.25, 0.3) is 0 Å². The maximum absolute atomic E-state index is 6.06. The molecular formula is C52H40P2S4. The van der Waals surface area contributed by atoms with Gasteiger partial charge >= 0.3 is 0 Å². The number of rotatable bonds is 11.